The summed E-state index contributed by atoms with van der Waals surface area (Å²) < 4.78 is 0. The molecule has 1 aromatic carbocycles. The van der Waals surface area contributed by atoms with E-state index in [4.69, 9.17) is 0 Å². The highest BCUT2D eigenvalue weighted by Gasteiger charge is 2.11. The van der Waals surface area contributed by atoms with Gasteiger partial charge in [0.2, 0.25) is 0 Å². The molecular formula is C15H15N3OS. The van der Waals surface area contributed by atoms with Crippen LogP contribution in [0.25, 0.3) is 10.2 Å². The lowest BCUT2D eigenvalue weighted by Gasteiger charge is -2.08. The van der Waals surface area contributed by atoms with Gasteiger partial charge in [0.25, 0.3) is 0 Å². The summed E-state index contributed by atoms with van der Waals surface area (Å²) >= 11 is 1.68. The van der Waals surface area contributed by atoms with Gasteiger partial charge in [-0.25, -0.2) is 9.97 Å². The van der Waals surface area contributed by atoms with Gasteiger partial charge in [-0.2, -0.15) is 0 Å². The molecule has 2 heterocycles. The third-order valence-electron chi connectivity index (χ3n) is 3.34. The van der Waals surface area contributed by atoms with Gasteiger partial charge in [0.15, 0.2) is 0 Å². The number of hydrogen-bond donors (Lipinski definition) is 2. The molecule has 20 heavy (non-hydrogen) atoms. The van der Waals surface area contributed by atoms with Gasteiger partial charge in [0, 0.05) is 10.6 Å². The number of benzene rings is 1. The summed E-state index contributed by atoms with van der Waals surface area (Å²) in [7, 11) is 0. The lowest BCUT2D eigenvalue weighted by Crippen LogP contribution is -1.96. The average molecular weight is 285 g/mol. The van der Waals surface area contributed by atoms with Crippen LogP contribution in [0.15, 0.2) is 30.6 Å². The molecule has 0 aliphatic carbocycles. The van der Waals surface area contributed by atoms with Crippen molar-refractivity contribution >= 4 is 33.1 Å². The zero-order valence-electron chi connectivity index (χ0n) is 11.3. The van der Waals surface area contributed by atoms with Crippen molar-refractivity contribution in [2.45, 2.75) is 20.5 Å². The zero-order valence-corrected chi connectivity index (χ0v) is 12.2. The highest BCUT2D eigenvalue weighted by atomic mass is 32.1. The number of nitrogens with zero attached hydrogens (tertiary/aromatic N) is 2. The Morgan fingerprint density at radius 3 is 2.90 bits per heavy atom. The van der Waals surface area contributed by atoms with E-state index < -0.39 is 0 Å². The molecule has 5 heteroatoms. The van der Waals surface area contributed by atoms with E-state index in [1.165, 1.54) is 10.4 Å². The number of aromatic nitrogens is 2. The molecule has 0 spiro atoms. The number of hydrogen-bond acceptors (Lipinski definition) is 5. The summed E-state index contributed by atoms with van der Waals surface area (Å²) in [5, 5.41) is 13.6. The van der Waals surface area contributed by atoms with Crippen molar-refractivity contribution in [3.63, 3.8) is 0 Å². The summed E-state index contributed by atoms with van der Waals surface area (Å²) in [6, 6.07) is 7.68. The molecule has 2 N–H and O–H groups in total. The van der Waals surface area contributed by atoms with Crippen LogP contribution in [0, 0.1) is 13.8 Å². The Morgan fingerprint density at radius 1 is 1.25 bits per heavy atom. The van der Waals surface area contributed by atoms with E-state index in [0.717, 1.165) is 27.3 Å². The Balaban J connectivity index is 2.06. The monoisotopic (exact) mass is 285 g/mol. The minimum Gasteiger partial charge on any atom is -0.392 e. The molecule has 3 rings (SSSR count). The first kappa shape index (κ1) is 13.0. The van der Waals surface area contributed by atoms with E-state index in [2.05, 4.69) is 29.1 Å². The molecule has 0 saturated heterocycles. The van der Waals surface area contributed by atoms with E-state index >= 15 is 0 Å². The largest absolute Gasteiger partial charge is 0.392 e. The molecule has 0 unspecified atom stereocenters. The molecule has 0 aliphatic heterocycles. The number of thiophene rings is 1. The number of aryl methyl sites for hydroxylation is 2. The van der Waals surface area contributed by atoms with E-state index in [1.807, 2.05) is 24.3 Å². The minimum absolute atomic E-state index is 0.0330. The average Bonchev–Trinajstić information content (AvgIpc) is 2.75. The van der Waals surface area contributed by atoms with Crippen LogP contribution in [0.1, 0.15) is 16.0 Å². The molecule has 3 aromatic rings. The Labute approximate surface area is 121 Å². The molecule has 0 bridgehead atoms. The second-order valence-corrected chi connectivity index (χ2v) is 5.87. The van der Waals surface area contributed by atoms with Gasteiger partial charge in [-0.15, -0.1) is 11.3 Å². The van der Waals surface area contributed by atoms with Crippen molar-refractivity contribution in [1.82, 2.24) is 9.97 Å². The second kappa shape index (κ2) is 5.19. The first-order chi connectivity index (χ1) is 9.69. The lowest BCUT2D eigenvalue weighted by atomic mass is 10.2. The molecule has 0 atom stereocenters. The zero-order chi connectivity index (χ0) is 14.1. The first-order valence-electron chi connectivity index (χ1n) is 6.36. The van der Waals surface area contributed by atoms with Crippen LogP contribution in [0.2, 0.25) is 0 Å². The number of aliphatic hydroxyl groups excluding tert-OH is 1. The Morgan fingerprint density at radius 2 is 2.10 bits per heavy atom. The Kier molecular flexibility index (Phi) is 3.38. The fraction of sp³-hybridized carbons (Fsp3) is 0.200. The maximum Gasteiger partial charge on any atom is 0.142 e. The van der Waals surface area contributed by atoms with E-state index in [1.54, 1.807) is 17.7 Å². The molecular weight excluding hydrogens is 270 g/mol. The number of fused-ring (bicyclic) bond motifs is 1. The van der Waals surface area contributed by atoms with Gasteiger partial charge in [0.1, 0.15) is 17.0 Å². The van der Waals surface area contributed by atoms with Crippen molar-refractivity contribution < 1.29 is 5.11 Å². The van der Waals surface area contributed by atoms with Gasteiger partial charge in [-0.3, -0.25) is 0 Å². The van der Waals surface area contributed by atoms with Crippen LogP contribution in [-0.4, -0.2) is 15.1 Å². The maximum atomic E-state index is 9.20. The number of aliphatic hydroxyl groups is 1. The fourth-order valence-corrected chi connectivity index (χ4v) is 3.16. The molecule has 0 radical (unpaired) electrons. The summed E-state index contributed by atoms with van der Waals surface area (Å²) in [6.45, 7) is 4.22. The number of anilines is 2. The van der Waals surface area contributed by atoms with Crippen LogP contribution < -0.4 is 5.32 Å². The van der Waals surface area contributed by atoms with Crippen LogP contribution in [-0.2, 0) is 6.61 Å². The van der Waals surface area contributed by atoms with Gasteiger partial charge < -0.3 is 10.4 Å². The van der Waals surface area contributed by atoms with Crippen molar-refractivity contribution in [3.05, 3.63) is 46.6 Å². The topological polar surface area (TPSA) is 58.0 Å². The van der Waals surface area contributed by atoms with Crippen molar-refractivity contribution in [2.24, 2.45) is 0 Å². The van der Waals surface area contributed by atoms with E-state index in [0.29, 0.717) is 0 Å². The molecule has 102 valence electrons. The second-order valence-electron chi connectivity index (χ2n) is 4.67. The number of nitrogens with one attached hydrogen (secondary N) is 1. The maximum absolute atomic E-state index is 9.20. The smallest absolute Gasteiger partial charge is 0.142 e. The van der Waals surface area contributed by atoms with E-state index in [-0.39, 0.29) is 6.61 Å². The Hall–Kier alpha value is -1.98. The van der Waals surface area contributed by atoms with Gasteiger partial charge in [-0.1, -0.05) is 12.1 Å². The molecule has 0 saturated carbocycles. The third-order valence-corrected chi connectivity index (χ3v) is 4.45. The molecule has 2 aromatic heterocycles. The van der Waals surface area contributed by atoms with Crippen LogP contribution >= 0.6 is 11.3 Å². The summed E-state index contributed by atoms with van der Waals surface area (Å²) in [5.41, 5.74) is 3.00. The van der Waals surface area contributed by atoms with Gasteiger partial charge >= 0.3 is 0 Å². The highest BCUT2D eigenvalue weighted by molar-refractivity contribution is 7.18. The quantitative estimate of drug-likeness (QED) is 0.772. The standard InChI is InChI=1S/C15H15N3OS/c1-9-10(2)20-15-13(9)14(16-8-17-15)18-12-5-3-4-11(6-12)7-19/h3-6,8,19H,7H2,1-2H3,(H,16,17,18). The summed E-state index contributed by atoms with van der Waals surface area (Å²) in [5.74, 6) is 0.812. The van der Waals surface area contributed by atoms with Crippen molar-refractivity contribution in [1.29, 1.82) is 0 Å². The molecule has 0 amide bonds. The molecule has 0 fully saturated rings. The van der Waals surface area contributed by atoms with E-state index in [9.17, 15) is 5.11 Å². The highest BCUT2D eigenvalue weighted by Crippen LogP contribution is 2.33. The predicted octanol–water partition coefficient (Wildman–Crippen LogP) is 3.54. The first-order valence-corrected chi connectivity index (χ1v) is 7.18. The normalized spacial score (nSPS) is 10.9. The number of rotatable bonds is 3. The predicted molar refractivity (Wildman–Crippen MR) is 82.5 cm³/mol. The molecule has 0 aliphatic rings. The molecule has 4 nitrogen and oxygen atoms in total. The minimum atomic E-state index is 0.0330. The van der Waals surface area contributed by atoms with Gasteiger partial charge in [-0.05, 0) is 37.1 Å². The van der Waals surface area contributed by atoms with Crippen molar-refractivity contribution in [3.8, 4) is 0 Å². The Bertz CT molecular complexity index is 767. The fourth-order valence-electron chi connectivity index (χ4n) is 2.16. The summed E-state index contributed by atoms with van der Waals surface area (Å²) in [6.07, 6.45) is 1.58. The van der Waals surface area contributed by atoms with Crippen LogP contribution in [0.5, 0.6) is 0 Å². The van der Waals surface area contributed by atoms with Gasteiger partial charge in [0.05, 0.1) is 12.0 Å². The summed E-state index contributed by atoms with van der Waals surface area (Å²) in [4.78, 5) is 10.9. The SMILES string of the molecule is Cc1sc2ncnc(Nc3cccc(CO)c3)c2c1C. The van der Waals surface area contributed by atoms with Crippen LogP contribution in [0.4, 0.5) is 11.5 Å². The van der Waals surface area contributed by atoms with Crippen molar-refractivity contribution in [2.75, 3.05) is 5.32 Å². The lowest BCUT2D eigenvalue weighted by molar-refractivity contribution is 0.282. The third kappa shape index (κ3) is 2.26. The van der Waals surface area contributed by atoms with Crippen LogP contribution in [0.3, 0.4) is 0 Å².